The number of aliphatic imine (C=N–C) groups is 1. The van der Waals surface area contributed by atoms with E-state index < -0.39 is 17.8 Å². The number of alkyl halides is 2. The molecule has 8 heteroatoms. The van der Waals surface area contributed by atoms with Crippen LogP contribution in [0.4, 0.5) is 20.4 Å². The summed E-state index contributed by atoms with van der Waals surface area (Å²) in [5.74, 6) is 0.398. The number of nitrogens with zero attached hydrogens (tertiary/aromatic N) is 5. The molecule has 0 bridgehead atoms. The summed E-state index contributed by atoms with van der Waals surface area (Å²) < 4.78 is 29.1. The third kappa shape index (κ3) is 2.97. The predicted molar refractivity (Wildman–Crippen MR) is 113 cm³/mol. The van der Waals surface area contributed by atoms with Crippen molar-refractivity contribution in [3.05, 3.63) is 36.3 Å². The van der Waals surface area contributed by atoms with Crippen molar-refractivity contribution in [2.45, 2.75) is 50.6 Å². The SMILES string of the molecule is CC1=Nc2ccc(-c3ccn4nc(NCC5(F)CCC5)ncc34)nc2C1(C)CCF. The first-order chi connectivity index (χ1) is 14.4. The second-order valence-corrected chi connectivity index (χ2v) is 8.53. The summed E-state index contributed by atoms with van der Waals surface area (Å²) >= 11 is 0. The van der Waals surface area contributed by atoms with Gasteiger partial charge >= 0.3 is 0 Å². The molecule has 4 heterocycles. The Morgan fingerprint density at radius 3 is 2.80 bits per heavy atom. The van der Waals surface area contributed by atoms with Gasteiger partial charge in [0.05, 0.1) is 47.4 Å². The Labute approximate surface area is 173 Å². The van der Waals surface area contributed by atoms with Gasteiger partial charge in [-0.3, -0.25) is 9.38 Å². The molecule has 1 unspecified atom stereocenters. The summed E-state index contributed by atoms with van der Waals surface area (Å²) in [4.78, 5) is 13.8. The van der Waals surface area contributed by atoms with Crippen LogP contribution in [-0.4, -0.2) is 44.2 Å². The highest BCUT2D eigenvalue weighted by molar-refractivity contribution is 5.99. The van der Waals surface area contributed by atoms with E-state index in [1.54, 1.807) is 10.7 Å². The number of halogens is 2. The minimum Gasteiger partial charge on any atom is -0.350 e. The lowest BCUT2D eigenvalue weighted by Crippen LogP contribution is -2.39. The second kappa shape index (κ2) is 6.82. The lowest BCUT2D eigenvalue weighted by atomic mass is 9.80. The summed E-state index contributed by atoms with van der Waals surface area (Å²) in [5.41, 5.74) is 3.32. The number of aromatic nitrogens is 4. The lowest BCUT2D eigenvalue weighted by molar-refractivity contribution is 0.0782. The van der Waals surface area contributed by atoms with Gasteiger partial charge in [-0.05, 0) is 57.7 Å². The van der Waals surface area contributed by atoms with E-state index in [0.29, 0.717) is 25.2 Å². The first-order valence-corrected chi connectivity index (χ1v) is 10.3. The van der Waals surface area contributed by atoms with Gasteiger partial charge in [0.2, 0.25) is 5.95 Å². The van der Waals surface area contributed by atoms with E-state index in [1.807, 2.05) is 38.2 Å². The summed E-state index contributed by atoms with van der Waals surface area (Å²) in [6.45, 7) is 3.73. The summed E-state index contributed by atoms with van der Waals surface area (Å²) in [5, 5.41) is 7.46. The fourth-order valence-corrected chi connectivity index (χ4v) is 4.23. The maximum Gasteiger partial charge on any atom is 0.241 e. The van der Waals surface area contributed by atoms with Gasteiger partial charge in [-0.2, -0.15) is 0 Å². The predicted octanol–water partition coefficient (Wildman–Crippen LogP) is 4.82. The lowest BCUT2D eigenvalue weighted by Gasteiger charge is -2.33. The van der Waals surface area contributed by atoms with E-state index in [4.69, 9.17) is 4.98 Å². The Kier molecular flexibility index (Phi) is 4.34. The zero-order valence-corrected chi connectivity index (χ0v) is 17.1. The standard InChI is InChI=1S/C22H24F2N6/c1-14-21(2,9-10-23)19-17(27-14)5-4-16(28-19)15-6-11-30-18(15)12-25-20(29-30)26-13-22(24)7-3-8-22/h4-6,11-12H,3,7-10,13H2,1-2H3,(H,26,29). The number of anilines is 1. The number of hydrogen-bond acceptors (Lipinski definition) is 5. The molecule has 5 rings (SSSR count). The molecule has 0 spiro atoms. The van der Waals surface area contributed by atoms with E-state index in [-0.39, 0.29) is 6.54 Å². The molecule has 30 heavy (non-hydrogen) atoms. The molecule has 1 fully saturated rings. The number of nitrogens with one attached hydrogen (secondary N) is 1. The molecule has 0 radical (unpaired) electrons. The largest absolute Gasteiger partial charge is 0.350 e. The van der Waals surface area contributed by atoms with Crippen LogP contribution in [0.2, 0.25) is 0 Å². The highest BCUT2D eigenvalue weighted by Crippen LogP contribution is 2.42. The molecule has 1 aliphatic heterocycles. The maximum absolute atomic E-state index is 14.2. The summed E-state index contributed by atoms with van der Waals surface area (Å²) in [6, 6.07) is 5.78. The zero-order valence-electron chi connectivity index (χ0n) is 17.1. The topological polar surface area (TPSA) is 67.5 Å². The van der Waals surface area contributed by atoms with Crippen molar-refractivity contribution in [2.75, 3.05) is 18.5 Å². The maximum atomic E-state index is 14.2. The van der Waals surface area contributed by atoms with Gasteiger partial charge < -0.3 is 5.32 Å². The molecule has 0 aromatic carbocycles. The highest BCUT2D eigenvalue weighted by Gasteiger charge is 2.39. The molecule has 6 nitrogen and oxygen atoms in total. The number of fused-ring (bicyclic) bond motifs is 2. The van der Waals surface area contributed by atoms with Crippen LogP contribution in [0.25, 0.3) is 16.8 Å². The number of hydrogen-bond donors (Lipinski definition) is 1. The first kappa shape index (κ1) is 19.1. The van der Waals surface area contributed by atoms with Gasteiger partial charge in [0.25, 0.3) is 0 Å². The van der Waals surface area contributed by atoms with Crippen LogP contribution < -0.4 is 5.32 Å². The van der Waals surface area contributed by atoms with Gasteiger partial charge in [0.1, 0.15) is 5.67 Å². The van der Waals surface area contributed by atoms with E-state index in [0.717, 1.165) is 40.3 Å². The molecule has 2 aliphatic rings. The van der Waals surface area contributed by atoms with Crippen molar-refractivity contribution in [1.29, 1.82) is 0 Å². The Balaban J connectivity index is 1.45. The van der Waals surface area contributed by atoms with Crippen LogP contribution in [0.15, 0.2) is 35.6 Å². The van der Waals surface area contributed by atoms with Gasteiger partial charge in [-0.25, -0.2) is 18.9 Å². The van der Waals surface area contributed by atoms with Crippen LogP contribution in [-0.2, 0) is 5.41 Å². The van der Waals surface area contributed by atoms with E-state index >= 15 is 0 Å². The van der Waals surface area contributed by atoms with Crippen molar-refractivity contribution < 1.29 is 8.78 Å². The van der Waals surface area contributed by atoms with E-state index in [2.05, 4.69) is 20.4 Å². The molecule has 1 atom stereocenters. The quantitative estimate of drug-likeness (QED) is 0.633. The van der Waals surface area contributed by atoms with Gasteiger partial charge in [0, 0.05) is 17.5 Å². The average molecular weight is 410 g/mol. The Bertz CT molecular complexity index is 1150. The molecule has 0 saturated heterocycles. The number of pyridine rings is 1. The molecule has 156 valence electrons. The molecule has 1 saturated carbocycles. The first-order valence-electron chi connectivity index (χ1n) is 10.3. The normalized spacial score (nSPS) is 21.9. The monoisotopic (exact) mass is 410 g/mol. The van der Waals surface area contributed by atoms with Crippen molar-refractivity contribution in [2.24, 2.45) is 4.99 Å². The smallest absolute Gasteiger partial charge is 0.241 e. The van der Waals surface area contributed by atoms with E-state index in [1.165, 1.54) is 0 Å². The Morgan fingerprint density at radius 1 is 1.23 bits per heavy atom. The minimum absolute atomic E-state index is 0.228. The molecule has 3 aromatic heterocycles. The van der Waals surface area contributed by atoms with Gasteiger partial charge in [0.15, 0.2) is 0 Å². The average Bonchev–Trinajstić information content (AvgIpc) is 3.24. The zero-order chi connectivity index (χ0) is 20.9. The van der Waals surface area contributed by atoms with Crippen molar-refractivity contribution in [3.63, 3.8) is 0 Å². The molecular formula is C22H24F2N6. The van der Waals surface area contributed by atoms with Gasteiger partial charge in [-0.1, -0.05) is 0 Å². The fraction of sp³-hybridized carbons (Fsp3) is 0.455. The Hall–Kier alpha value is -2.90. The third-order valence-electron chi connectivity index (χ3n) is 6.58. The van der Waals surface area contributed by atoms with Crippen molar-refractivity contribution in [1.82, 2.24) is 19.6 Å². The van der Waals surface area contributed by atoms with Crippen LogP contribution in [0.3, 0.4) is 0 Å². The minimum atomic E-state index is -1.14. The van der Waals surface area contributed by atoms with Crippen molar-refractivity contribution in [3.8, 4) is 11.3 Å². The molecular weight excluding hydrogens is 386 g/mol. The highest BCUT2D eigenvalue weighted by atomic mass is 19.1. The van der Waals surface area contributed by atoms with Crippen LogP contribution in [0, 0.1) is 0 Å². The summed E-state index contributed by atoms with van der Waals surface area (Å²) in [6.07, 6.45) is 6.02. The van der Waals surface area contributed by atoms with Crippen molar-refractivity contribution >= 4 is 22.9 Å². The van der Waals surface area contributed by atoms with Crippen LogP contribution in [0.5, 0.6) is 0 Å². The van der Waals surface area contributed by atoms with Gasteiger partial charge in [-0.15, -0.1) is 5.10 Å². The Morgan fingerprint density at radius 2 is 2.07 bits per heavy atom. The molecule has 3 aromatic rings. The molecule has 0 amide bonds. The van der Waals surface area contributed by atoms with E-state index in [9.17, 15) is 8.78 Å². The molecule has 1 N–H and O–H groups in total. The van der Waals surface area contributed by atoms with Crippen LogP contribution in [0.1, 0.15) is 45.2 Å². The summed E-state index contributed by atoms with van der Waals surface area (Å²) in [7, 11) is 0. The molecule has 1 aliphatic carbocycles. The number of rotatable bonds is 6. The fourth-order valence-electron chi connectivity index (χ4n) is 4.23. The second-order valence-electron chi connectivity index (χ2n) is 8.53. The van der Waals surface area contributed by atoms with Crippen LogP contribution >= 0.6 is 0 Å². The third-order valence-corrected chi connectivity index (χ3v) is 6.58.